The van der Waals surface area contributed by atoms with Crippen LogP contribution in [0.3, 0.4) is 0 Å². The van der Waals surface area contributed by atoms with Crippen LogP contribution in [0.4, 0.5) is 11.4 Å². The predicted molar refractivity (Wildman–Crippen MR) is 76.3 cm³/mol. The molecule has 0 spiro atoms. The summed E-state index contributed by atoms with van der Waals surface area (Å²) in [5, 5.41) is 11.9. The summed E-state index contributed by atoms with van der Waals surface area (Å²) in [6, 6.07) is 8.85. The standard InChI is InChI=1S/C14H19N5/c1-10-8-15-12-6-4-5-7-13(12)19(10)9-14-17-16-11(2)18(14)3/h4-7,10,15H,8-9H2,1-3H3. The van der Waals surface area contributed by atoms with Crippen molar-refractivity contribution < 1.29 is 0 Å². The molecule has 0 saturated heterocycles. The number of nitrogens with one attached hydrogen (secondary N) is 1. The van der Waals surface area contributed by atoms with Crippen molar-refractivity contribution in [3.8, 4) is 0 Å². The van der Waals surface area contributed by atoms with Crippen LogP contribution < -0.4 is 10.2 Å². The Kier molecular flexibility index (Phi) is 2.89. The zero-order chi connectivity index (χ0) is 13.4. The van der Waals surface area contributed by atoms with Gasteiger partial charge in [0.25, 0.3) is 0 Å². The lowest BCUT2D eigenvalue weighted by Gasteiger charge is -2.37. The van der Waals surface area contributed by atoms with Crippen LogP contribution in [0.25, 0.3) is 0 Å². The minimum absolute atomic E-state index is 0.437. The fourth-order valence-corrected chi connectivity index (χ4v) is 2.46. The minimum Gasteiger partial charge on any atom is -0.381 e. The zero-order valence-corrected chi connectivity index (χ0v) is 11.6. The van der Waals surface area contributed by atoms with Crippen molar-refractivity contribution >= 4 is 11.4 Å². The molecule has 0 bridgehead atoms. The van der Waals surface area contributed by atoms with Crippen LogP contribution in [0, 0.1) is 6.92 Å². The molecule has 0 radical (unpaired) electrons. The van der Waals surface area contributed by atoms with E-state index in [0.29, 0.717) is 6.04 Å². The summed E-state index contributed by atoms with van der Waals surface area (Å²) in [5.74, 6) is 1.95. The van der Waals surface area contributed by atoms with Crippen LogP contribution in [0.5, 0.6) is 0 Å². The molecule has 0 fully saturated rings. The van der Waals surface area contributed by atoms with E-state index in [9.17, 15) is 0 Å². The first-order valence-corrected chi connectivity index (χ1v) is 6.61. The quantitative estimate of drug-likeness (QED) is 0.893. The zero-order valence-electron chi connectivity index (χ0n) is 11.6. The van der Waals surface area contributed by atoms with E-state index in [-0.39, 0.29) is 0 Å². The number of hydrogen-bond donors (Lipinski definition) is 1. The van der Waals surface area contributed by atoms with E-state index in [0.717, 1.165) is 24.7 Å². The minimum atomic E-state index is 0.437. The van der Waals surface area contributed by atoms with E-state index in [1.807, 2.05) is 14.0 Å². The first-order valence-electron chi connectivity index (χ1n) is 6.61. The summed E-state index contributed by atoms with van der Waals surface area (Å²) < 4.78 is 2.05. The van der Waals surface area contributed by atoms with Gasteiger partial charge in [0.1, 0.15) is 5.82 Å². The normalized spacial score (nSPS) is 18.1. The Balaban J connectivity index is 1.94. The SMILES string of the molecule is Cc1nnc(CN2c3ccccc3NCC2C)n1C. The van der Waals surface area contributed by atoms with Gasteiger partial charge in [0, 0.05) is 19.6 Å². The van der Waals surface area contributed by atoms with Gasteiger partial charge in [0.05, 0.1) is 17.9 Å². The van der Waals surface area contributed by atoms with Gasteiger partial charge < -0.3 is 14.8 Å². The highest BCUT2D eigenvalue weighted by Gasteiger charge is 2.23. The van der Waals surface area contributed by atoms with Crippen LogP contribution >= 0.6 is 0 Å². The molecule has 1 aromatic heterocycles. The first kappa shape index (κ1) is 12.0. The molecule has 0 aliphatic carbocycles. The number of fused-ring (bicyclic) bond motifs is 1. The smallest absolute Gasteiger partial charge is 0.152 e. The average Bonchev–Trinajstić information content (AvgIpc) is 2.74. The molecule has 19 heavy (non-hydrogen) atoms. The summed E-state index contributed by atoms with van der Waals surface area (Å²) >= 11 is 0. The summed E-state index contributed by atoms with van der Waals surface area (Å²) in [6.45, 7) is 5.95. The Bertz CT molecular complexity index is 589. The van der Waals surface area contributed by atoms with Gasteiger partial charge in [0.15, 0.2) is 5.82 Å². The summed E-state index contributed by atoms with van der Waals surface area (Å²) in [4.78, 5) is 2.38. The fourth-order valence-electron chi connectivity index (χ4n) is 2.46. The average molecular weight is 257 g/mol. The van der Waals surface area contributed by atoms with Gasteiger partial charge in [-0.2, -0.15) is 0 Å². The summed E-state index contributed by atoms with van der Waals surface area (Å²) in [5.41, 5.74) is 2.43. The van der Waals surface area contributed by atoms with Crippen molar-refractivity contribution in [1.82, 2.24) is 14.8 Å². The van der Waals surface area contributed by atoms with Crippen LogP contribution in [0.15, 0.2) is 24.3 Å². The third-order valence-electron chi connectivity index (χ3n) is 3.83. The second-order valence-electron chi connectivity index (χ2n) is 5.10. The Morgan fingerprint density at radius 3 is 2.84 bits per heavy atom. The van der Waals surface area contributed by atoms with Crippen LogP contribution in [0.1, 0.15) is 18.6 Å². The van der Waals surface area contributed by atoms with Crippen molar-refractivity contribution in [3.05, 3.63) is 35.9 Å². The van der Waals surface area contributed by atoms with Gasteiger partial charge in [-0.3, -0.25) is 0 Å². The third-order valence-corrected chi connectivity index (χ3v) is 3.83. The molecular formula is C14H19N5. The van der Waals surface area contributed by atoms with Crippen molar-refractivity contribution in [2.45, 2.75) is 26.4 Å². The van der Waals surface area contributed by atoms with E-state index in [1.165, 1.54) is 11.4 Å². The van der Waals surface area contributed by atoms with Crippen molar-refractivity contribution in [2.75, 3.05) is 16.8 Å². The Morgan fingerprint density at radius 1 is 1.32 bits per heavy atom. The number of hydrogen-bond acceptors (Lipinski definition) is 4. The number of rotatable bonds is 2. The molecule has 1 aliphatic heterocycles. The molecule has 5 nitrogen and oxygen atoms in total. The lowest BCUT2D eigenvalue weighted by atomic mass is 10.1. The van der Waals surface area contributed by atoms with Gasteiger partial charge in [-0.05, 0) is 26.0 Å². The lowest BCUT2D eigenvalue weighted by Crippen LogP contribution is -2.42. The molecule has 2 aromatic rings. The summed E-state index contributed by atoms with van der Waals surface area (Å²) in [7, 11) is 2.02. The van der Waals surface area contributed by atoms with Gasteiger partial charge in [0.2, 0.25) is 0 Å². The first-order chi connectivity index (χ1) is 9.16. The maximum atomic E-state index is 4.27. The van der Waals surface area contributed by atoms with Crippen LogP contribution in [-0.4, -0.2) is 27.4 Å². The van der Waals surface area contributed by atoms with Crippen LogP contribution in [0.2, 0.25) is 0 Å². The topological polar surface area (TPSA) is 46.0 Å². The number of anilines is 2. The van der Waals surface area contributed by atoms with E-state index >= 15 is 0 Å². The largest absolute Gasteiger partial charge is 0.381 e. The van der Waals surface area contributed by atoms with E-state index < -0.39 is 0 Å². The van der Waals surface area contributed by atoms with E-state index in [2.05, 4.69) is 56.2 Å². The molecule has 1 atom stereocenters. The van der Waals surface area contributed by atoms with Gasteiger partial charge in [-0.15, -0.1) is 10.2 Å². The lowest BCUT2D eigenvalue weighted by molar-refractivity contribution is 0.611. The number of benzene rings is 1. The van der Waals surface area contributed by atoms with Crippen molar-refractivity contribution in [2.24, 2.45) is 7.05 Å². The summed E-state index contributed by atoms with van der Waals surface area (Å²) in [6.07, 6.45) is 0. The molecule has 2 heterocycles. The molecular weight excluding hydrogens is 238 g/mol. The molecule has 5 heteroatoms. The highest BCUT2D eigenvalue weighted by Crippen LogP contribution is 2.31. The van der Waals surface area contributed by atoms with Crippen molar-refractivity contribution in [3.63, 3.8) is 0 Å². The number of aromatic nitrogens is 3. The fraction of sp³-hybridized carbons (Fsp3) is 0.429. The molecule has 0 saturated carbocycles. The molecule has 0 amide bonds. The van der Waals surface area contributed by atoms with Gasteiger partial charge >= 0.3 is 0 Å². The van der Waals surface area contributed by atoms with Crippen LogP contribution in [-0.2, 0) is 13.6 Å². The number of aryl methyl sites for hydroxylation is 1. The molecule has 1 aromatic carbocycles. The third kappa shape index (κ3) is 2.05. The van der Waals surface area contributed by atoms with E-state index in [1.54, 1.807) is 0 Å². The highest BCUT2D eigenvalue weighted by atomic mass is 15.3. The monoisotopic (exact) mass is 257 g/mol. The molecule has 3 rings (SSSR count). The van der Waals surface area contributed by atoms with E-state index in [4.69, 9.17) is 0 Å². The maximum Gasteiger partial charge on any atom is 0.152 e. The molecule has 1 unspecified atom stereocenters. The molecule has 1 aliphatic rings. The second-order valence-corrected chi connectivity index (χ2v) is 5.10. The van der Waals surface area contributed by atoms with Crippen molar-refractivity contribution in [1.29, 1.82) is 0 Å². The number of para-hydroxylation sites is 2. The Hall–Kier alpha value is -2.04. The highest BCUT2D eigenvalue weighted by molar-refractivity contribution is 5.72. The second kappa shape index (κ2) is 4.57. The molecule has 100 valence electrons. The molecule has 1 N–H and O–H groups in total. The van der Waals surface area contributed by atoms with Gasteiger partial charge in [-0.1, -0.05) is 12.1 Å². The maximum absolute atomic E-state index is 4.27. The Labute approximate surface area is 113 Å². The number of nitrogens with zero attached hydrogens (tertiary/aromatic N) is 4. The Morgan fingerprint density at radius 2 is 2.11 bits per heavy atom. The predicted octanol–water partition coefficient (Wildman–Crippen LogP) is 1.94. The van der Waals surface area contributed by atoms with Gasteiger partial charge in [-0.25, -0.2) is 0 Å².